The summed E-state index contributed by atoms with van der Waals surface area (Å²) in [4.78, 5) is 0. The Morgan fingerprint density at radius 1 is 0.692 bits per heavy atom. The molecule has 0 radical (unpaired) electrons. The van der Waals surface area contributed by atoms with Crippen molar-refractivity contribution in [3.05, 3.63) is 88.6 Å². The first-order valence-corrected chi connectivity index (χ1v) is 15.8. The normalized spacial score (nSPS) is 12.2. The molecule has 2 aromatic carbocycles. The van der Waals surface area contributed by atoms with Crippen LogP contribution < -0.4 is 3.58 Å². The Kier molecular flexibility index (Phi) is 6.29. The summed E-state index contributed by atoms with van der Waals surface area (Å²) >= 11 is 0.0435. The third-order valence-corrected chi connectivity index (χ3v) is 17.3. The molecule has 0 spiro atoms. The quantitative estimate of drug-likeness (QED) is 0.352. The predicted octanol–water partition coefficient (Wildman–Crippen LogP) is 6.41. The summed E-state index contributed by atoms with van der Waals surface area (Å²) in [6.45, 7) is 9.74. The van der Waals surface area contributed by atoms with Crippen LogP contribution in [0.15, 0.2) is 77.5 Å². The molecule has 0 fully saturated rings. The maximum absolute atomic E-state index is 2.44. The summed E-state index contributed by atoms with van der Waals surface area (Å²) in [5, 5.41) is 4.69. The van der Waals surface area contributed by atoms with E-state index in [4.69, 9.17) is 0 Å². The molecule has 0 atom stereocenters. The molecule has 26 heavy (non-hydrogen) atoms. The zero-order valence-electron chi connectivity index (χ0n) is 16.3. The molecule has 134 valence electrons. The topological polar surface area (TPSA) is 0 Å². The molecular formula is C24H29SSn+. The monoisotopic (exact) mass is 469 g/mol. The molecule has 2 heteroatoms. The number of hydrogen-bond acceptors (Lipinski definition) is 1. The van der Waals surface area contributed by atoms with Crippen LogP contribution in [0, 0.1) is 0 Å². The van der Waals surface area contributed by atoms with E-state index in [2.05, 4.69) is 105 Å². The van der Waals surface area contributed by atoms with E-state index in [0.717, 1.165) is 0 Å². The van der Waals surface area contributed by atoms with Crippen LogP contribution in [0.4, 0.5) is 0 Å². The van der Waals surface area contributed by atoms with Gasteiger partial charge in [0.2, 0.25) is 0 Å². The van der Waals surface area contributed by atoms with Gasteiger partial charge < -0.3 is 0 Å². The molecule has 3 aromatic rings. The number of benzene rings is 2. The van der Waals surface area contributed by atoms with E-state index in [-0.39, 0.29) is 10.8 Å². The molecule has 0 bridgehead atoms. The Balaban J connectivity index is 1.87. The summed E-state index contributed by atoms with van der Waals surface area (Å²) < 4.78 is 4.39. The average Bonchev–Trinajstić information content (AvgIpc) is 3.17. The standard InChI is InChI=1S/2C10H13.C4H3S.Sn/c2*1-10(2,3)9-7-5-4-6-8-9;1-2-4-5-3-1;/h2*4-8H,1H2,2-3H3;1,3-4H;/q;;;+1. The van der Waals surface area contributed by atoms with E-state index >= 15 is 0 Å². The van der Waals surface area contributed by atoms with Gasteiger partial charge >= 0.3 is 171 Å². The Morgan fingerprint density at radius 2 is 1.15 bits per heavy atom. The molecule has 0 aliphatic rings. The van der Waals surface area contributed by atoms with Crippen molar-refractivity contribution in [3.63, 3.8) is 0 Å². The second-order valence-corrected chi connectivity index (χ2v) is 16.4. The summed E-state index contributed by atoms with van der Waals surface area (Å²) in [5.74, 6) is 0. The van der Waals surface area contributed by atoms with Crippen LogP contribution in [-0.4, -0.2) is 19.8 Å². The van der Waals surface area contributed by atoms with Crippen LogP contribution in [0.3, 0.4) is 0 Å². The molecule has 0 nitrogen and oxygen atoms in total. The van der Waals surface area contributed by atoms with Crippen molar-refractivity contribution < 1.29 is 0 Å². The minimum absolute atomic E-state index is 0.241. The summed E-state index contributed by atoms with van der Waals surface area (Å²) in [7, 11) is 0. The van der Waals surface area contributed by atoms with Crippen molar-refractivity contribution in [2.45, 2.75) is 47.4 Å². The zero-order chi connectivity index (χ0) is 18.6. The van der Waals surface area contributed by atoms with Crippen molar-refractivity contribution in [2.75, 3.05) is 0 Å². The van der Waals surface area contributed by atoms with Crippen LogP contribution >= 0.6 is 11.3 Å². The first kappa shape index (κ1) is 19.7. The number of rotatable bonds is 7. The van der Waals surface area contributed by atoms with Crippen LogP contribution in [0.5, 0.6) is 0 Å². The zero-order valence-corrected chi connectivity index (χ0v) is 20.0. The summed E-state index contributed by atoms with van der Waals surface area (Å²) in [6.07, 6.45) is 0. The molecular weight excluding hydrogens is 439 g/mol. The Hall–Kier alpha value is -1.06. The van der Waals surface area contributed by atoms with Gasteiger partial charge in [-0.3, -0.25) is 0 Å². The van der Waals surface area contributed by atoms with Gasteiger partial charge in [-0.05, 0) is 0 Å². The molecule has 0 N–H and O–H groups in total. The third kappa shape index (κ3) is 4.80. The van der Waals surface area contributed by atoms with Crippen molar-refractivity contribution in [1.82, 2.24) is 0 Å². The van der Waals surface area contributed by atoms with Gasteiger partial charge in [0.05, 0.1) is 0 Å². The van der Waals surface area contributed by atoms with Gasteiger partial charge in [0.15, 0.2) is 0 Å². The van der Waals surface area contributed by atoms with Crippen LogP contribution in [0.1, 0.15) is 38.8 Å². The first-order chi connectivity index (χ1) is 12.4. The average molecular weight is 468 g/mol. The maximum atomic E-state index is 2.44. The van der Waals surface area contributed by atoms with Crippen LogP contribution in [0.25, 0.3) is 0 Å². The van der Waals surface area contributed by atoms with E-state index in [1.54, 1.807) is 3.58 Å². The summed E-state index contributed by atoms with van der Waals surface area (Å²) in [6, 6.07) is 24.6. The van der Waals surface area contributed by atoms with E-state index in [1.165, 1.54) is 20.0 Å². The molecule has 0 aliphatic carbocycles. The van der Waals surface area contributed by atoms with Gasteiger partial charge in [-0.2, -0.15) is 0 Å². The van der Waals surface area contributed by atoms with Crippen molar-refractivity contribution in [3.8, 4) is 0 Å². The fourth-order valence-corrected chi connectivity index (χ4v) is 16.5. The SMILES string of the molecule is CC(C)([CH2][Sn+]([CH2]C(C)(C)c1ccccc1)[c]1ccsc1)c1ccccc1. The van der Waals surface area contributed by atoms with Gasteiger partial charge in [-0.25, -0.2) is 0 Å². The van der Waals surface area contributed by atoms with Gasteiger partial charge in [0, 0.05) is 0 Å². The van der Waals surface area contributed by atoms with E-state index in [1.807, 2.05) is 11.3 Å². The van der Waals surface area contributed by atoms with E-state index in [0.29, 0.717) is 0 Å². The van der Waals surface area contributed by atoms with Gasteiger partial charge in [-0.15, -0.1) is 0 Å². The van der Waals surface area contributed by atoms with E-state index in [9.17, 15) is 0 Å². The Bertz CT molecular complexity index is 735. The second-order valence-electron chi connectivity index (χ2n) is 8.47. The molecule has 1 aromatic heterocycles. The number of thiophene rings is 1. The van der Waals surface area contributed by atoms with E-state index < -0.39 is 19.8 Å². The number of hydrogen-bond donors (Lipinski definition) is 0. The molecule has 0 amide bonds. The van der Waals surface area contributed by atoms with Crippen molar-refractivity contribution >= 4 is 34.7 Å². The molecule has 0 aliphatic heterocycles. The van der Waals surface area contributed by atoms with Crippen LogP contribution in [-0.2, 0) is 10.8 Å². The van der Waals surface area contributed by atoms with Crippen molar-refractivity contribution in [1.29, 1.82) is 0 Å². The van der Waals surface area contributed by atoms with Crippen molar-refractivity contribution in [2.24, 2.45) is 0 Å². The summed E-state index contributed by atoms with van der Waals surface area (Å²) in [5.41, 5.74) is 3.44. The molecule has 1 heterocycles. The molecule has 0 saturated carbocycles. The molecule has 3 rings (SSSR count). The second kappa shape index (κ2) is 8.31. The minimum atomic E-state index is -1.82. The predicted molar refractivity (Wildman–Crippen MR) is 118 cm³/mol. The molecule has 0 unspecified atom stereocenters. The third-order valence-electron chi connectivity index (χ3n) is 5.35. The van der Waals surface area contributed by atoms with Gasteiger partial charge in [0.1, 0.15) is 0 Å². The van der Waals surface area contributed by atoms with Crippen LogP contribution in [0.2, 0.25) is 8.87 Å². The Morgan fingerprint density at radius 3 is 1.54 bits per heavy atom. The molecule has 0 saturated heterocycles. The fraction of sp³-hybridized carbons (Fsp3) is 0.333. The van der Waals surface area contributed by atoms with Gasteiger partial charge in [-0.1, -0.05) is 0 Å². The fourth-order valence-electron chi connectivity index (χ4n) is 3.78. The van der Waals surface area contributed by atoms with Gasteiger partial charge in [0.25, 0.3) is 0 Å². The first-order valence-electron chi connectivity index (χ1n) is 9.37. The Labute approximate surface area is 170 Å².